The summed E-state index contributed by atoms with van der Waals surface area (Å²) in [6.45, 7) is 5.27. The quantitative estimate of drug-likeness (QED) is 0.893. The molecule has 104 valence electrons. The van der Waals surface area contributed by atoms with Gasteiger partial charge in [0.15, 0.2) is 0 Å². The lowest BCUT2D eigenvalue weighted by molar-refractivity contribution is -0.129. The van der Waals surface area contributed by atoms with Crippen LogP contribution in [-0.2, 0) is 9.53 Å². The van der Waals surface area contributed by atoms with E-state index < -0.39 is 0 Å². The molecule has 19 heavy (non-hydrogen) atoms. The van der Waals surface area contributed by atoms with Gasteiger partial charge in [-0.25, -0.2) is 0 Å². The number of morpholine rings is 1. The Kier molecular flexibility index (Phi) is 4.96. The molecular weight excluding hydrogens is 308 g/mol. The summed E-state index contributed by atoms with van der Waals surface area (Å²) < 4.78 is 6.50. The normalized spacial score (nSPS) is 24.8. The molecule has 1 fully saturated rings. The van der Waals surface area contributed by atoms with E-state index in [4.69, 9.17) is 4.74 Å². The first-order valence-corrected chi connectivity index (χ1v) is 7.28. The number of carbonyl (C=O) groups is 1. The van der Waals surface area contributed by atoms with Gasteiger partial charge in [-0.05, 0) is 31.5 Å². The van der Waals surface area contributed by atoms with Gasteiger partial charge in [0.1, 0.15) is 6.04 Å². The van der Waals surface area contributed by atoms with Gasteiger partial charge in [-0.15, -0.1) is 0 Å². The molecule has 0 spiro atoms. The van der Waals surface area contributed by atoms with Crippen molar-refractivity contribution in [3.05, 3.63) is 34.3 Å². The van der Waals surface area contributed by atoms with Crippen LogP contribution in [0.1, 0.15) is 25.5 Å². The summed E-state index contributed by atoms with van der Waals surface area (Å²) in [5.74, 6) is -0.0142. The number of hydrogen-bond donors (Lipinski definition) is 2. The van der Waals surface area contributed by atoms with Gasteiger partial charge in [0.05, 0.1) is 18.8 Å². The molecule has 0 aromatic heterocycles. The van der Waals surface area contributed by atoms with E-state index in [1.807, 2.05) is 38.1 Å². The molecule has 1 heterocycles. The first kappa shape index (κ1) is 14.5. The Morgan fingerprint density at radius 1 is 1.58 bits per heavy atom. The van der Waals surface area contributed by atoms with Gasteiger partial charge in [-0.1, -0.05) is 28.1 Å². The fourth-order valence-corrected chi connectivity index (χ4v) is 2.61. The SMILES string of the molecule is CC(NC(=O)[C@H]1NCCO[C@@H]1C)c1cccc(Br)c1. The summed E-state index contributed by atoms with van der Waals surface area (Å²) in [6, 6.07) is 7.65. The Morgan fingerprint density at radius 3 is 3.05 bits per heavy atom. The summed E-state index contributed by atoms with van der Waals surface area (Å²) in [4.78, 5) is 12.2. The predicted molar refractivity (Wildman–Crippen MR) is 77.9 cm³/mol. The zero-order valence-corrected chi connectivity index (χ0v) is 12.7. The van der Waals surface area contributed by atoms with Crippen LogP contribution in [0.25, 0.3) is 0 Å². The molecule has 1 unspecified atom stereocenters. The molecule has 1 aliphatic heterocycles. The molecule has 0 aliphatic carbocycles. The van der Waals surface area contributed by atoms with Crippen molar-refractivity contribution < 1.29 is 9.53 Å². The average molecular weight is 327 g/mol. The molecule has 4 nitrogen and oxygen atoms in total. The Morgan fingerprint density at radius 2 is 2.37 bits per heavy atom. The zero-order chi connectivity index (χ0) is 13.8. The van der Waals surface area contributed by atoms with Crippen molar-refractivity contribution in [3.8, 4) is 0 Å². The van der Waals surface area contributed by atoms with Crippen molar-refractivity contribution in [3.63, 3.8) is 0 Å². The van der Waals surface area contributed by atoms with Crippen LogP contribution >= 0.6 is 15.9 Å². The summed E-state index contributed by atoms with van der Waals surface area (Å²) in [5.41, 5.74) is 1.08. The molecule has 1 aromatic carbocycles. The minimum atomic E-state index is -0.275. The molecule has 2 rings (SSSR count). The molecule has 0 bridgehead atoms. The Bertz CT molecular complexity index is 453. The molecule has 0 saturated carbocycles. The molecular formula is C14H19BrN2O2. The van der Waals surface area contributed by atoms with Crippen molar-refractivity contribution in [1.82, 2.24) is 10.6 Å². The summed E-state index contributed by atoms with van der Waals surface area (Å²) in [5, 5.41) is 6.21. The van der Waals surface area contributed by atoms with E-state index in [2.05, 4.69) is 26.6 Å². The van der Waals surface area contributed by atoms with Crippen LogP contribution in [0.4, 0.5) is 0 Å². The highest BCUT2D eigenvalue weighted by Gasteiger charge is 2.29. The van der Waals surface area contributed by atoms with Gasteiger partial charge < -0.3 is 15.4 Å². The van der Waals surface area contributed by atoms with Crippen LogP contribution < -0.4 is 10.6 Å². The summed E-state index contributed by atoms with van der Waals surface area (Å²) >= 11 is 3.44. The zero-order valence-electron chi connectivity index (χ0n) is 11.2. The van der Waals surface area contributed by atoms with Crippen LogP contribution in [0.3, 0.4) is 0 Å². The largest absolute Gasteiger partial charge is 0.375 e. The standard InChI is InChI=1S/C14H19BrN2O2/c1-9(11-4-3-5-12(15)8-11)17-14(18)13-10(2)19-7-6-16-13/h3-5,8-10,13,16H,6-7H2,1-2H3,(H,17,18)/t9?,10-,13+/m1/s1. The molecule has 5 heteroatoms. The van der Waals surface area contributed by atoms with Gasteiger partial charge in [-0.2, -0.15) is 0 Å². The molecule has 0 radical (unpaired) electrons. The fraction of sp³-hybridized carbons (Fsp3) is 0.500. The molecule has 2 N–H and O–H groups in total. The first-order valence-electron chi connectivity index (χ1n) is 6.49. The lowest BCUT2D eigenvalue weighted by Crippen LogP contribution is -2.55. The van der Waals surface area contributed by atoms with E-state index in [0.29, 0.717) is 13.2 Å². The van der Waals surface area contributed by atoms with Crippen molar-refractivity contribution in [2.24, 2.45) is 0 Å². The molecule has 3 atom stereocenters. The Labute approximate surface area is 122 Å². The second-order valence-electron chi connectivity index (χ2n) is 4.79. The van der Waals surface area contributed by atoms with Crippen LogP contribution in [-0.4, -0.2) is 31.2 Å². The fourth-order valence-electron chi connectivity index (χ4n) is 2.19. The number of carbonyl (C=O) groups excluding carboxylic acids is 1. The Balaban J connectivity index is 1.98. The van der Waals surface area contributed by atoms with Gasteiger partial charge in [-0.3, -0.25) is 4.79 Å². The molecule has 1 aliphatic rings. The number of nitrogens with one attached hydrogen (secondary N) is 2. The number of benzene rings is 1. The second-order valence-corrected chi connectivity index (χ2v) is 5.71. The van der Waals surface area contributed by atoms with Gasteiger partial charge in [0, 0.05) is 11.0 Å². The molecule has 1 amide bonds. The van der Waals surface area contributed by atoms with E-state index in [1.54, 1.807) is 0 Å². The maximum atomic E-state index is 12.2. The highest BCUT2D eigenvalue weighted by atomic mass is 79.9. The first-order chi connectivity index (χ1) is 9.08. The molecule has 1 aromatic rings. The maximum Gasteiger partial charge on any atom is 0.240 e. The van der Waals surface area contributed by atoms with Gasteiger partial charge in [0.2, 0.25) is 5.91 Å². The number of amides is 1. The third kappa shape index (κ3) is 3.78. The van der Waals surface area contributed by atoms with Gasteiger partial charge in [0.25, 0.3) is 0 Å². The molecule has 1 saturated heterocycles. The third-order valence-corrected chi connectivity index (χ3v) is 3.80. The lowest BCUT2D eigenvalue weighted by atomic mass is 10.1. The number of halogens is 1. The van der Waals surface area contributed by atoms with Gasteiger partial charge >= 0.3 is 0 Å². The topological polar surface area (TPSA) is 50.4 Å². The third-order valence-electron chi connectivity index (χ3n) is 3.31. The maximum absolute atomic E-state index is 12.2. The second kappa shape index (κ2) is 6.50. The van der Waals surface area contributed by atoms with Crippen LogP contribution in [0.5, 0.6) is 0 Å². The minimum Gasteiger partial charge on any atom is -0.375 e. The van der Waals surface area contributed by atoms with E-state index in [9.17, 15) is 4.79 Å². The average Bonchev–Trinajstić information content (AvgIpc) is 2.39. The van der Waals surface area contributed by atoms with E-state index >= 15 is 0 Å². The highest BCUT2D eigenvalue weighted by molar-refractivity contribution is 9.10. The van der Waals surface area contributed by atoms with Crippen molar-refractivity contribution in [1.29, 1.82) is 0 Å². The van der Waals surface area contributed by atoms with E-state index in [0.717, 1.165) is 10.0 Å². The highest BCUT2D eigenvalue weighted by Crippen LogP contribution is 2.18. The minimum absolute atomic E-state index is 0.0142. The monoisotopic (exact) mass is 326 g/mol. The number of hydrogen-bond acceptors (Lipinski definition) is 3. The van der Waals surface area contributed by atoms with Crippen LogP contribution in [0.2, 0.25) is 0 Å². The summed E-state index contributed by atoms with van der Waals surface area (Å²) in [7, 11) is 0. The van der Waals surface area contributed by atoms with Crippen molar-refractivity contribution in [2.45, 2.75) is 32.0 Å². The van der Waals surface area contributed by atoms with E-state index in [1.165, 1.54) is 0 Å². The Hall–Kier alpha value is -0.910. The lowest BCUT2D eigenvalue weighted by Gasteiger charge is -2.30. The van der Waals surface area contributed by atoms with Crippen LogP contribution in [0.15, 0.2) is 28.7 Å². The van der Waals surface area contributed by atoms with Crippen LogP contribution in [0, 0.1) is 0 Å². The smallest absolute Gasteiger partial charge is 0.240 e. The van der Waals surface area contributed by atoms with Crippen molar-refractivity contribution in [2.75, 3.05) is 13.2 Å². The predicted octanol–water partition coefficient (Wildman–Crippen LogP) is 2.00. The van der Waals surface area contributed by atoms with E-state index in [-0.39, 0.29) is 24.1 Å². The van der Waals surface area contributed by atoms with Crippen molar-refractivity contribution >= 4 is 21.8 Å². The number of ether oxygens (including phenoxy) is 1. The number of rotatable bonds is 3. The summed E-state index contributed by atoms with van der Waals surface area (Å²) in [6.07, 6.45) is -0.0940.